The van der Waals surface area contributed by atoms with E-state index in [4.69, 9.17) is 14.5 Å². The number of amides is 1. The average molecular weight is 435 g/mol. The Balaban J connectivity index is 1.44. The summed E-state index contributed by atoms with van der Waals surface area (Å²) in [6.45, 7) is 9.10. The number of carbonyl (C=O) groups excluding carboxylic acids is 1. The Kier molecular flexibility index (Phi) is 5.27. The topological polar surface area (TPSA) is 78.3 Å². The second-order valence-electron chi connectivity index (χ2n) is 9.11. The van der Waals surface area contributed by atoms with Gasteiger partial charge in [0.2, 0.25) is 0 Å². The van der Waals surface area contributed by atoms with Crippen molar-refractivity contribution in [2.75, 3.05) is 6.61 Å². The van der Waals surface area contributed by atoms with Gasteiger partial charge in [-0.25, -0.2) is 9.67 Å². The van der Waals surface area contributed by atoms with Crippen molar-refractivity contribution in [2.24, 2.45) is 0 Å². The van der Waals surface area contributed by atoms with Gasteiger partial charge >= 0.3 is 0 Å². The monoisotopic (exact) mass is 434 g/mol. The predicted octanol–water partition coefficient (Wildman–Crippen LogP) is 4.54. The number of nitrogens with one attached hydrogen (secondary N) is 1. The molecule has 1 amide bonds. The van der Waals surface area contributed by atoms with Crippen LogP contribution in [0.1, 0.15) is 79.7 Å². The molecule has 1 aliphatic carbocycles. The molecule has 2 aromatic heterocycles. The quantitative estimate of drug-likeness (QED) is 0.591. The molecule has 1 saturated carbocycles. The van der Waals surface area contributed by atoms with Crippen molar-refractivity contribution in [1.82, 2.24) is 20.1 Å². The van der Waals surface area contributed by atoms with Crippen LogP contribution >= 0.6 is 0 Å². The zero-order chi connectivity index (χ0) is 22.4. The van der Waals surface area contributed by atoms with Gasteiger partial charge in [0.1, 0.15) is 17.6 Å². The Morgan fingerprint density at radius 3 is 2.84 bits per heavy atom. The molecule has 2 aliphatic rings. The largest absolute Gasteiger partial charge is 0.494 e. The second-order valence-corrected chi connectivity index (χ2v) is 9.11. The number of rotatable bonds is 7. The molecular formula is C25H30N4O3. The number of carbonyl (C=O) groups is 1. The van der Waals surface area contributed by atoms with Gasteiger partial charge in [-0.05, 0) is 58.7 Å². The third kappa shape index (κ3) is 3.80. The number of nitrogens with zero attached hydrogens (tertiary/aromatic N) is 3. The van der Waals surface area contributed by atoms with Crippen molar-refractivity contribution in [1.29, 1.82) is 0 Å². The first-order valence-electron chi connectivity index (χ1n) is 11.6. The SMILES string of the molecule is CCOc1cc2c(cc1CNC(=O)c1cc(C3CC3)nc3c1cnn3C(C)C)O[C@@H](C)C2. The summed E-state index contributed by atoms with van der Waals surface area (Å²) in [6.07, 6.45) is 5.04. The van der Waals surface area contributed by atoms with Crippen LogP contribution in [-0.4, -0.2) is 33.4 Å². The number of hydrogen-bond donors (Lipinski definition) is 1. The molecule has 0 saturated heterocycles. The fourth-order valence-electron chi connectivity index (χ4n) is 4.37. The van der Waals surface area contributed by atoms with Crippen LogP contribution in [0.4, 0.5) is 0 Å². The molecule has 3 aromatic rings. The van der Waals surface area contributed by atoms with Crippen molar-refractivity contribution in [2.45, 2.75) is 71.6 Å². The molecule has 3 heterocycles. The lowest BCUT2D eigenvalue weighted by atomic mass is 10.1. The molecule has 0 radical (unpaired) electrons. The molecule has 0 unspecified atom stereocenters. The molecule has 0 bridgehead atoms. The summed E-state index contributed by atoms with van der Waals surface area (Å²) in [5.74, 6) is 2.00. The summed E-state index contributed by atoms with van der Waals surface area (Å²) in [6, 6.07) is 6.16. The van der Waals surface area contributed by atoms with Gasteiger partial charge in [0.15, 0.2) is 5.65 Å². The van der Waals surface area contributed by atoms with E-state index in [-0.39, 0.29) is 18.1 Å². The first-order valence-corrected chi connectivity index (χ1v) is 11.6. The molecule has 1 aliphatic heterocycles. The third-order valence-electron chi connectivity index (χ3n) is 6.13. The maximum absolute atomic E-state index is 13.3. The first-order chi connectivity index (χ1) is 15.4. The normalized spacial score (nSPS) is 17.5. The summed E-state index contributed by atoms with van der Waals surface area (Å²) in [5.41, 5.74) is 4.47. The highest BCUT2D eigenvalue weighted by Crippen LogP contribution is 2.40. The Bertz CT molecular complexity index is 1180. The Morgan fingerprint density at radius 1 is 1.31 bits per heavy atom. The molecule has 0 spiro atoms. The van der Waals surface area contributed by atoms with E-state index in [2.05, 4.69) is 31.2 Å². The maximum atomic E-state index is 13.3. The Labute approximate surface area is 188 Å². The van der Waals surface area contributed by atoms with Crippen LogP contribution < -0.4 is 14.8 Å². The van der Waals surface area contributed by atoms with Crippen molar-refractivity contribution in [3.05, 3.63) is 46.8 Å². The van der Waals surface area contributed by atoms with E-state index in [1.807, 2.05) is 29.8 Å². The van der Waals surface area contributed by atoms with Gasteiger partial charge in [0.25, 0.3) is 5.91 Å². The zero-order valence-corrected chi connectivity index (χ0v) is 19.1. The standard InChI is InChI=1S/C25H30N4O3/c1-5-31-22-9-17-8-15(4)32-23(17)10-18(22)12-26-25(30)19-11-21(16-6-7-16)28-24-20(19)13-27-29(24)14(2)3/h9-11,13-16H,5-8,12H2,1-4H3,(H,26,30)/t15-/m0/s1. The second kappa shape index (κ2) is 8.11. The maximum Gasteiger partial charge on any atom is 0.252 e. The number of benzene rings is 1. The molecule has 168 valence electrons. The fourth-order valence-corrected chi connectivity index (χ4v) is 4.37. The average Bonchev–Trinajstić information content (AvgIpc) is 3.42. The predicted molar refractivity (Wildman–Crippen MR) is 122 cm³/mol. The molecule has 32 heavy (non-hydrogen) atoms. The van der Waals surface area contributed by atoms with Crippen molar-refractivity contribution < 1.29 is 14.3 Å². The molecule has 5 rings (SSSR count). The molecule has 1 N–H and O–H groups in total. The number of ether oxygens (including phenoxy) is 2. The zero-order valence-electron chi connectivity index (χ0n) is 19.1. The Morgan fingerprint density at radius 2 is 2.12 bits per heavy atom. The van der Waals surface area contributed by atoms with Crippen LogP contribution in [0.5, 0.6) is 11.5 Å². The number of pyridine rings is 1. The van der Waals surface area contributed by atoms with Crippen LogP contribution in [0.3, 0.4) is 0 Å². The first kappa shape index (κ1) is 20.8. The van der Waals surface area contributed by atoms with E-state index in [0.29, 0.717) is 24.6 Å². The molecular weight excluding hydrogens is 404 g/mol. The lowest BCUT2D eigenvalue weighted by molar-refractivity contribution is 0.0952. The van der Waals surface area contributed by atoms with Gasteiger partial charge in [-0.2, -0.15) is 5.10 Å². The minimum Gasteiger partial charge on any atom is -0.494 e. The summed E-state index contributed by atoms with van der Waals surface area (Å²) in [7, 11) is 0. The van der Waals surface area contributed by atoms with E-state index < -0.39 is 0 Å². The lowest BCUT2D eigenvalue weighted by Crippen LogP contribution is -2.24. The highest BCUT2D eigenvalue weighted by Gasteiger charge is 2.28. The minimum atomic E-state index is -0.125. The highest BCUT2D eigenvalue weighted by atomic mass is 16.5. The van der Waals surface area contributed by atoms with Crippen LogP contribution in [0, 0.1) is 0 Å². The molecule has 7 heteroatoms. The lowest BCUT2D eigenvalue weighted by Gasteiger charge is -2.14. The Hall–Kier alpha value is -3.09. The summed E-state index contributed by atoms with van der Waals surface area (Å²) in [5, 5.41) is 8.38. The number of fused-ring (bicyclic) bond motifs is 2. The van der Waals surface area contributed by atoms with Gasteiger partial charge < -0.3 is 14.8 Å². The van der Waals surface area contributed by atoms with Crippen LogP contribution in [0.25, 0.3) is 11.0 Å². The van der Waals surface area contributed by atoms with Crippen molar-refractivity contribution in [3.8, 4) is 11.5 Å². The molecule has 1 fully saturated rings. The van der Waals surface area contributed by atoms with Crippen molar-refractivity contribution >= 4 is 16.9 Å². The van der Waals surface area contributed by atoms with E-state index >= 15 is 0 Å². The fraction of sp³-hybridized carbons (Fsp3) is 0.480. The van der Waals surface area contributed by atoms with E-state index in [9.17, 15) is 4.79 Å². The van der Waals surface area contributed by atoms with Gasteiger partial charge in [-0.1, -0.05) is 0 Å². The minimum absolute atomic E-state index is 0.125. The molecule has 7 nitrogen and oxygen atoms in total. The number of aromatic nitrogens is 3. The molecule has 1 aromatic carbocycles. The van der Waals surface area contributed by atoms with Gasteiger partial charge in [-0.15, -0.1) is 0 Å². The van der Waals surface area contributed by atoms with Gasteiger partial charge in [-0.3, -0.25) is 4.79 Å². The van der Waals surface area contributed by atoms with Crippen LogP contribution in [-0.2, 0) is 13.0 Å². The highest BCUT2D eigenvalue weighted by molar-refractivity contribution is 6.05. The van der Waals surface area contributed by atoms with E-state index in [1.165, 1.54) is 0 Å². The summed E-state index contributed by atoms with van der Waals surface area (Å²) in [4.78, 5) is 18.2. The van der Waals surface area contributed by atoms with Crippen LogP contribution in [0.2, 0.25) is 0 Å². The van der Waals surface area contributed by atoms with E-state index in [0.717, 1.165) is 58.6 Å². The summed E-state index contributed by atoms with van der Waals surface area (Å²) < 4.78 is 13.7. The summed E-state index contributed by atoms with van der Waals surface area (Å²) >= 11 is 0. The molecule has 1 atom stereocenters. The van der Waals surface area contributed by atoms with Crippen LogP contribution in [0.15, 0.2) is 24.4 Å². The van der Waals surface area contributed by atoms with Gasteiger partial charge in [0, 0.05) is 41.7 Å². The third-order valence-corrected chi connectivity index (χ3v) is 6.13. The van der Waals surface area contributed by atoms with E-state index in [1.54, 1.807) is 6.20 Å². The van der Waals surface area contributed by atoms with Crippen molar-refractivity contribution in [3.63, 3.8) is 0 Å². The van der Waals surface area contributed by atoms with Gasteiger partial charge in [0.05, 0.1) is 23.8 Å². The smallest absolute Gasteiger partial charge is 0.252 e. The number of hydrogen-bond acceptors (Lipinski definition) is 5.